The van der Waals surface area contributed by atoms with Gasteiger partial charge in [0.1, 0.15) is 11.6 Å². The lowest BCUT2D eigenvalue weighted by Crippen LogP contribution is -2.24. The minimum Gasteiger partial charge on any atom is -0.342 e. The second-order valence-electron chi connectivity index (χ2n) is 5.45. The van der Waals surface area contributed by atoms with Gasteiger partial charge in [-0.3, -0.25) is 14.6 Å². The highest BCUT2D eigenvalue weighted by Crippen LogP contribution is 2.18. The number of para-hydroxylation sites is 2. The first-order valence-corrected chi connectivity index (χ1v) is 7.78. The number of benzene rings is 1. The first-order chi connectivity index (χ1) is 12.7. The Bertz CT molecular complexity index is 1060. The molecule has 1 aliphatic rings. The molecule has 0 fully saturated rings. The Morgan fingerprint density at radius 1 is 1.19 bits per heavy atom. The zero-order valence-corrected chi connectivity index (χ0v) is 13.4. The number of fused-ring (bicyclic) bond motifs is 1. The number of hydrogen-bond acceptors (Lipinski definition) is 7. The van der Waals surface area contributed by atoms with Crippen molar-refractivity contribution in [2.45, 2.75) is 12.5 Å². The van der Waals surface area contributed by atoms with E-state index in [0.29, 0.717) is 11.0 Å². The van der Waals surface area contributed by atoms with Crippen molar-refractivity contribution in [2.75, 3.05) is 0 Å². The van der Waals surface area contributed by atoms with Crippen LogP contribution < -0.4 is 5.32 Å². The number of aromatic nitrogens is 4. The van der Waals surface area contributed by atoms with Crippen LogP contribution in [-0.2, 0) is 11.3 Å². The molecule has 0 saturated carbocycles. The Labute approximate surface area is 146 Å². The number of aliphatic imine (C=N–C) groups is 1. The van der Waals surface area contributed by atoms with E-state index in [0.717, 1.165) is 0 Å². The predicted molar refractivity (Wildman–Crippen MR) is 90.4 cm³/mol. The Balaban J connectivity index is 1.43. The first-order valence-electron chi connectivity index (χ1n) is 7.78. The third-order valence-electron chi connectivity index (χ3n) is 3.70. The third-order valence-corrected chi connectivity index (χ3v) is 3.70. The maximum absolute atomic E-state index is 12.2. The zero-order chi connectivity index (χ0) is 17.9. The molecule has 26 heavy (non-hydrogen) atoms. The summed E-state index contributed by atoms with van der Waals surface area (Å²) in [5.41, 5.74) is 1.52. The van der Waals surface area contributed by atoms with Gasteiger partial charge in [-0.2, -0.15) is 4.98 Å². The SMILES string of the molecule is O=C(NCc1nc(C2C=CC=NC2=O)no1)c1cnc2ccccc2n1. The zero-order valence-electron chi connectivity index (χ0n) is 13.4. The molecule has 1 atom stereocenters. The van der Waals surface area contributed by atoms with Crippen LogP contribution in [-0.4, -0.2) is 38.1 Å². The maximum Gasteiger partial charge on any atom is 0.271 e. The molecule has 1 aromatic carbocycles. The standard InChI is InChI=1S/C17H12N6O3/c24-16-10(4-3-7-18-16)15-22-14(26-23-15)9-20-17(25)13-8-19-11-5-1-2-6-12(11)21-13/h1-8,10H,9H2,(H,20,25). The Hall–Kier alpha value is -3.75. The molecule has 0 spiro atoms. The quantitative estimate of drug-likeness (QED) is 0.751. The summed E-state index contributed by atoms with van der Waals surface area (Å²) in [5.74, 6) is -1.06. The molecule has 128 valence electrons. The third kappa shape index (κ3) is 3.09. The molecule has 3 aromatic rings. The molecule has 2 aromatic heterocycles. The van der Waals surface area contributed by atoms with Crippen molar-refractivity contribution in [3.05, 3.63) is 60.0 Å². The minimum atomic E-state index is -0.667. The fraction of sp³-hybridized carbons (Fsp3) is 0.118. The average molecular weight is 348 g/mol. The minimum absolute atomic E-state index is 0.00817. The van der Waals surface area contributed by atoms with Crippen LogP contribution in [0.3, 0.4) is 0 Å². The second kappa shape index (κ2) is 6.63. The van der Waals surface area contributed by atoms with E-state index >= 15 is 0 Å². The summed E-state index contributed by atoms with van der Waals surface area (Å²) in [6.45, 7) is 0.00817. The summed E-state index contributed by atoms with van der Waals surface area (Å²) < 4.78 is 5.07. The molecule has 2 amide bonds. The Morgan fingerprint density at radius 2 is 2.04 bits per heavy atom. The normalized spacial score (nSPS) is 16.2. The highest BCUT2D eigenvalue weighted by atomic mass is 16.5. The fourth-order valence-corrected chi connectivity index (χ4v) is 2.42. The summed E-state index contributed by atoms with van der Waals surface area (Å²) in [4.78, 5) is 40.2. The van der Waals surface area contributed by atoms with Crippen LogP contribution in [0.4, 0.5) is 0 Å². The summed E-state index contributed by atoms with van der Waals surface area (Å²) >= 11 is 0. The van der Waals surface area contributed by atoms with E-state index < -0.39 is 11.8 Å². The first kappa shape index (κ1) is 15.8. The van der Waals surface area contributed by atoms with Gasteiger partial charge < -0.3 is 9.84 Å². The van der Waals surface area contributed by atoms with E-state index in [9.17, 15) is 9.59 Å². The number of allylic oxidation sites excluding steroid dienone is 1. The van der Waals surface area contributed by atoms with Crippen molar-refractivity contribution in [1.82, 2.24) is 25.4 Å². The lowest BCUT2D eigenvalue weighted by atomic mass is 10.1. The molecule has 1 unspecified atom stereocenters. The highest BCUT2D eigenvalue weighted by Gasteiger charge is 2.24. The van der Waals surface area contributed by atoms with Gasteiger partial charge in [-0.05, 0) is 18.2 Å². The van der Waals surface area contributed by atoms with Gasteiger partial charge in [0.2, 0.25) is 5.89 Å². The Morgan fingerprint density at radius 3 is 2.88 bits per heavy atom. The van der Waals surface area contributed by atoms with Crippen molar-refractivity contribution >= 4 is 29.1 Å². The maximum atomic E-state index is 12.2. The topological polar surface area (TPSA) is 123 Å². The summed E-state index contributed by atoms with van der Waals surface area (Å²) in [7, 11) is 0. The molecule has 1 aliphatic heterocycles. The average Bonchev–Trinajstić information content (AvgIpc) is 3.15. The van der Waals surface area contributed by atoms with Crippen LogP contribution in [0.25, 0.3) is 11.0 Å². The Kier molecular flexibility index (Phi) is 4.02. The van der Waals surface area contributed by atoms with Crippen LogP contribution in [0.5, 0.6) is 0 Å². The van der Waals surface area contributed by atoms with Gasteiger partial charge in [0.15, 0.2) is 5.82 Å². The molecule has 0 aliphatic carbocycles. The van der Waals surface area contributed by atoms with Crippen LogP contribution in [0.2, 0.25) is 0 Å². The molecule has 1 N–H and O–H groups in total. The molecule has 9 heteroatoms. The van der Waals surface area contributed by atoms with Gasteiger partial charge in [-0.15, -0.1) is 0 Å². The van der Waals surface area contributed by atoms with E-state index in [2.05, 4.69) is 30.4 Å². The van der Waals surface area contributed by atoms with Crippen molar-refractivity contribution in [3.8, 4) is 0 Å². The predicted octanol–water partition coefficient (Wildman–Crippen LogP) is 1.19. The lowest BCUT2D eigenvalue weighted by molar-refractivity contribution is -0.118. The van der Waals surface area contributed by atoms with Crippen LogP contribution in [0.15, 0.2) is 52.1 Å². The van der Waals surface area contributed by atoms with Crippen molar-refractivity contribution < 1.29 is 14.1 Å². The van der Waals surface area contributed by atoms with E-state index in [1.807, 2.05) is 18.2 Å². The number of nitrogens with zero attached hydrogens (tertiary/aromatic N) is 5. The molecular formula is C17H12N6O3. The second-order valence-corrected chi connectivity index (χ2v) is 5.45. The molecule has 4 rings (SSSR count). The monoisotopic (exact) mass is 348 g/mol. The number of dihydropyridines is 1. The number of hydrogen-bond donors (Lipinski definition) is 1. The molecule has 0 bridgehead atoms. The number of rotatable bonds is 4. The molecule has 0 radical (unpaired) electrons. The molecule has 0 saturated heterocycles. The highest BCUT2D eigenvalue weighted by molar-refractivity contribution is 5.97. The van der Waals surface area contributed by atoms with Crippen molar-refractivity contribution in [2.24, 2.45) is 4.99 Å². The smallest absolute Gasteiger partial charge is 0.271 e. The van der Waals surface area contributed by atoms with E-state index in [4.69, 9.17) is 4.52 Å². The van der Waals surface area contributed by atoms with Gasteiger partial charge in [-0.25, -0.2) is 9.98 Å². The van der Waals surface area contributed by atoms with Gasteiger partial charge in [-0.1, -0.05) is 23.4 Å². The van der Waals surface area contributed by atoms with Gasteiger partial charge in [0, 0.05) is 6.21 Å². The van der Waals surface area contributed by atoms with Gasteiger partial charge >= 0.3 is 0 Å². The largest absolute Gasteiger partial charge is 0.342 e. The van der Waals surface area contributed by atoms with Gasteiger partial charge in [0.05, 0.1) is 23.8 Å². The summed E-state index contributed by atoms with van der Waals surface area (Å²) in [6, 6.07) is 7.26. The van der Waals surface area contributed by atoms with Crippen molar-refractivity contribution in [3.63, 3.8) is 0 Å². The van der Waals surface area contributed by atoms with Crippen LogP contribution >= 0.6 is 0 Å². The molecular weight excluding hydrogens is 336 g/mol. The van der Waals surface area contributed by atoms with Crippen molar-refractivity contribution in [1.29, 1.82) is 0 Å². The van der Waals surface area contributed by atoms with Crippen LogP contribution in [0, 0.1) is 0 Å². The lowest BCUT2D eigenvalue weighted by Gasteiger charge is -2.04. The van der Waals surface area contributed by atoms with E-state index in [1.165, 1.54) is 12.4 Å². The molecule has 3 heterocycles. The van der Waals surface area contributed by atoms with Crippen LogP contribution in [0.1, 0.15) is 28.1 Å². The number of nitrogens with one attached hydrogen (secondary N) is 1. The molecule has 9 nitrogen and oxygen atoms in total. The van der Waals surface area contributed by atoms with E-state index in [1.54, 1.807) is 18.2 Å². The number of carbonyl (C=O) groups is 2. The van der Waals surface area contributed by atoms with E-state index in [-0.39, 0.29) is 29.9 Å². The summed E-state index contributed by atoms with van der Waals surface area (Å²) in [6.07, 6.45) is 6.08. The fourth-order valence-electron chi connectivity index (χ4n) is 2.42. The number of carbonyl (C=O) groups excluding carboxylic acids is 2. The van der Waals surface area contributed by atoms with Gasteiger partial charge in [0.25, 0.3) is 11.8 Å². The summed E-state index contributed by atoms with van der Waals surface area (Å²) in [5, 5.41) is 6.41. The number of amides is 2.